The van der Waals surface area contributed by atoms with Gasteiger partial charge in [0.05, 0.1) is 38.8 Å². The lowest BCUT2D eigenvalue weighted by molar-refractivity contribution is 1.07. The maximum absolute atomic E-state index is 5.71. The van der Waals surface area contributed by atoms with E-state index in [0.29, 0.717) is 17.5 Å². The molecule has 6 heterocycles. The van der Waals surface area contributed by atoms with Crippen molar-refractivity contribution >= 4 is 96.9 Å². The number of hydrogen-bond acceptors (Lipinski definition) is 5. The Bertz CT molecular complexity index is 6800. The highest BCUT2D eigenvalue weighted by Crippen LogP contribution is 2.45. The van der Waals surface area contributed by atoms with Crippen molar-refractivity contribution in [2.24, 2.45) is 0 Å². The molecule has 0 amide bonds. The average molecular weight is 1370 g/mol. The maximum Gasteiger partial charge on any atom is 0.164 e. The Morgan fingerprint density at radius 3 is 1.10 bits per heavy atom. The highest BCUT2D eigenvalue weighted by Gasteiger charge is 2.25. The van der Waals surface area contributed by atoms with Crippen LogP contribution >= 0.6 is 11.3 Å². The van der Waals surface area contributed by atoms with Crippen LogP contribution in [0.15, 0.2) is 370 Å². The molecule has 0 unspecified atom stereocenters. The molecule has 494 valence electrons. The first-order valence-electron chi connectivity index (χ1n) is 35.9. The molecule has 0 aliphatic carbocycles. The van der Waals surface area contributed by atoms with Crippen molar-refractivity contribution in [1.82, 2.24) is 33.6 Å². The van der Waals surface area contributed by atoms with Gasteiger partial charge in [-0.15, -0.1) is 11.3 Å². The van der Waals surface area contributed by atoms with Crippen molar-refractivity contribution in [3.63, 3.8) is 0 Å². The van der Waals surface area contributed by atoms with E-state index in [0.717, 1.165) is 133 Å². The van der Waals surface area contributed by atoms with Gasteiger partial charge >= 0.3 is 0 Å². The minimum absolute atomic E-state index is 0.552. The Morgan fingerprint density at radius 2 is 0.566 bits per heavy atom. The molecule has 0 N–H and O–H groups in total. The van der Waals surface area contributed by atoms with E-state index in [1.54, 1.807) is 0 Å². The van der Waals surface area contributed by atoms with E-state index < -0.39 is 0 Å². The first-order chi connectivity index (χ1) is 52.5. The fraction of sp³-hybridized carbons (Fsp3) is 0. The van der Waals surface area contributed by atoms with Gasteiger partial charge in [-0.2, -0.15) is 0 Å². The van der Waals surface area contributed by atoms with E-state index in [4.69, 9.17) is 19.9 Å². The Kier molecular flexibility index (Phi) is 14.3. The third-order valence-corrected chi connectivity index (χ3v) is 22.2. The van der Waals surface area contributed by atoms with E-state index >= 15 is 0 Å². The van der Waals surface area contributed by atoms with E-state index in [1.807, 2.05) is 11.3 Å². The minimum Gasteiger partial charge on any atom is -0.309 e. The highest BCUT2D eigenvalue weighted by molar-refractivity contribution is 7.25. The lowest BCUT2D eigenvalue weighted by atomic mass is 9.95. The summed E-state index contributed by atoms with van der Waals surface area (Å²) in [4.78, 5) is 22.4. The number of aromatic nitrogens is 7. The number of fused-ring (bicyclic) bond motifs is 13. The Labute approximate surface area is 614 Å². The van der Waals surface area contributed by atoms with Crippen LogP contribution in [-0.2, 0) is 0 Å². The van der Waals surface area contributed by atoms with E-state index in [1.165, 1.54) is 53.1 Å². The summed E-state index contributed by atoms with van der Waals surface area (Å²) in [6, 6.07) is 133. The summed E-state index contributed by atoms with van der Waals surface area (Å²) in [5.41, 5.74) is 24.4. The number of pyridine rings is 1. The molecule has 0 fully saturated rings. The quantitative estimate of drug-likeness (QED) is 0.122. The summed E-state index contributed by atoms with van der Waals surface area (Å²) in [6.07, 6.45) is 0. The SMILES string of the molecule is c1ccc(-c2cc(-c3ccccc3)cc(-c3nc(-c4cc(-c5ccccc5)cc(-c5ccccc5)c4)nc(-c4cccc(-n5c6ccccc6c6ccc7c8ccccc8n(-c8cccc(-c9ccc%10sc%11ccc(-c%12ccc%13c(c%12)c%12ccccc%12n%13-c%12ccccc%12)cc%11c%10c9)n8)c7c65)c4)n3)c2)cc1. The molecule has 21 rings (SSSR count). The summed E-state index contributed by atoms with van der Waals surface area (Å²) in [5.74, 6) is 2.51. The monoisotopic (exact) mass is 1370 g/mol. The lowest BCUT2D eigenvalue weighted by Crippen LogP contribution is -2.03. The van der Waals surface area contributed by atoms with Gasteiger partial charge in [-0.1, -0.05) is 243 Å². The van der Waals surface area contributed by atoms with Gasteiger partial charge in [-0.25, -0.2) is 19.9 Å². The van der Waals surface area contributed by atoms with Crippen molar-refractivity contribution < 1.29 is 0 Å². The molecule has 106 heavy (non-hydrogen) atoms. The first-order valence-corrected chi connectivity index (χ1v) is 36.7. The van der Waals surface area contributed by atoms with Crippen LogP contribution in [-0.4, -0.2) is 33.6 Å². The van der Waals surface area contributed by atoms with Gasteiger partial charge in [-0.05, 0) is 183 Å². The second-order valence-electron chi connectivity index (χ2n) is 27.3. The summed E-state index contributed by atoms with van der Waals surface area (Å²) >= 11 is 1.84. The van der Waals surface area contributed by atoms with Crippen LogP contribution in [0.25, 0.3) is 204 Å². The molecule has 0 aliphatic heterocycles. The van der Waals surface area contributed by atoms with Gasteiger partial charge in [0, 0.05) is 86.1 Å². The Morgan fingerprint density at radius 1 is 0.189 bits per heavy atom. The molecule has 15 aromatic carbocycles. The molecule has 0 radical (unpaired) electrons. The lowest BCUT2D eigenvalue weighted by Gasteiger charge is -2.15. The molecule has 0 spiro atoms. The normalized spacial score (nSPS) is 11.8. The van der Waals surface area contributed by atoms with E-state index in [2.05, 4.69) is 384 Å². The topological polar surface area (TPSA) is 66.3 Å². The molecule has 8 heteroatoms. The van der Waals surface area contributed by atoms with Crippen LogP contribution in [0.5, 0.6) is 0 Å². The minimum atomic E-state index is 0.552. The smallest absolute Gasteiger partial charge is 0.164 e. The first kappa shape index (κ1) is 60.8. The number of para-hydroxylation sites is 4. The third-order valence-electron chi connectivity index (χ3n) is 21.0. The number of hydrogen-bond donors (Lipinski definition) is 0. The van der Waals surface area contributed by atoms with Gasteiger partial charge < -0.3 is 9.13 Å². The molecule has 6 aromatic heterocycles. The van der Waals surface area contributed by atoms with Crippen molar-refractivity contribution in [2.45, 2.75) is 0 Å². The summed E-state index contributed by atoms with van der Waals surface area (Å²) < 4.78 is 9.70. The van der Waals surface area contributed by atoms with Gasteiger partial charge in [0.1, 0.15) is 5.82 Å². The Balaban J connectivity index is 0.721. The fourth-order valence-electron chi connectivity index (χ4n) is 16.1. The largest absolute Gasteiger partial charge is 0.309 e. The summed E-state index contributed by atoms with van der Waals surface area (Å²) in [7, 11) is 0. The van der Waals surface area contributed by atoms with Crippen molar-refractivity contribution in [3.8, 4) is 118 Å². The molecular weight excluding hydrogens is 1310 g/mol. The van der Waals surface area contributed by atoms with Crippen LogP contribution in [0.4, 0.5) is 0 Å². The average Bonchev–Trinajstić information content (AvgIpc) is 1.54. The molecule has 0 atom stereocenters. The molecule has 0 bridgehead atoms. The number of nitrogens with zero attached hydrogens (tertiary/aromatic N) is 7. The number of benzene rings is 15. The predicted molar refractivity (Wildman–Crippen MR) is 442 cm³/mol. The van der Waals surface area contributed by atoms with Crippen LogP contribution < -0.4 is 0 Å². The number of rotatable bonds is 12. The zero-order valence-corrected chi connectivity index (χ0v) is 58.1. The van der Waals surface area contributed by atoms with Gasteiger partial charge in [0.15, 0.2) is 17.5 Å². The maximum atomic E-state index is 5.71. The second-order valence-corrected chi connectivity index (χ2v) is 28.4. The fourth-order valence-corrected chi connectivity index (χ4v) is 17.2. The molecule has 21 aromatic rings. The Hall–Kier alpha value is -13.9. The van der Waals surface area contributed by atoms with Gasteiger partial charge in [0.2, 0.25) is 0 Å². The highest BCUT2D eigenvalue weighted by atomic mass is 32.1. The molecule has 0 aliphatic rings. The predicted octanol–water partition coefficient (Wildman–Crippen LogP) is 25.9. The third kappa shape index (κ3) is 10.3. The van der Waals surface area contributed by atoms with Crippen LogP contribution in [0.2, 0.25) is 0 Å². The van der Waals surface area contributed by atoms with Crippen molar-refractivity contribution in [1.29, 1.82) is 0 Å². The molecule has 7 nitrogen and oxygen atoms in total. The van der Waals surface area contributed by atoms with Crippen LogP contribution in [0.1, 0.15) is 0 Å². The van der Waals surface area contributed by atoms with Crippen molar-refractivity contribution in [3.05, 3.63) is 370 Å². The van der Waals surface area contributed by atoms with E-state index in [9.17, 15) is 0 Å². The zero-order chi connectivity index (χ0) is 69.8. The van der Waals surface area contributed by atoms with E-state index in [-0.39, 0.29) is 0 Å². The number of thiophene rings is 1. The molecule has 0 saturated carbocycles. The van der Waals surface area contributed by atoms with Crippen molar-refractivity contribution in [2.75, 3.05) is 0 Å². The molecular formula is C98H61N7S. The van der Waals surface area contributed by atoms with Crippen LogP contribution in [0, 0.1) is 0 Å². The summed E-state index contributed by atoms with van der Waals surface area (Å²) in [6.45, 7) is 0. The summed E-state index contributed by atoms with van der Waals surface area (Å²) in [5, 5.41) is 9.47. The van der Waals surface area contributed by atoms with Gasteiger partial charge in [0.25, 0.3) is 0 Å². The van der Waals surface area contributed by atoms with Crippen LogP contribution in [0.3, 0.4) is 0 Å². The van der Waals surface area contributed by atoms with Gasteiger partial charge in [-0.3, -0.25) is 4.57 Å². The second kappa shape index (κ2) is 25.0. The zero-order valence-electron chi connectivity index (χ0n) is 57.3. The molecule has 0 saturated heterocycles. The standard InChI is InChI=1S/C98H61N7S/c1-6-24-62(25-7-1)70-52-71(63-26-8-2-9-27-63)55-74(54-70)97-100-96(101-98(102-97)75-56-72(64-28-10-3-11-29-64)53-73(57-75)65-30-12-4-13-31-65)69-32-22-35-77(58-69)104-88-41-20-16-36-78(88)81-47-48-82-79-37-17-21-42-89(79)105(95(82)94(81)104)93-43-23-39-86(99-93)68-46-51-92-85(61-68)84-60-67(45-50-91(84)106-92)66-44-49-90-83(59-66)80-38-18-19-40-87(80)103(90)76-33-14-5-15-34-76/h1-61H.